The van der Waals surface area contributed by atoms with Crippen molar-refractivity contribution in [1.29, 1.82) is 0 Å². The largest absolute Gasteiger partial charge is 0.383 e. The molecule has 0 radical (unpaired) electrons. The smallest absolute Gasteiger partial charge is 0.317 e. The molecule has 1 N–H and O–H groups in total. The molecule has 4 nitrogen and oxygen atoms in total. The highest BCUT2D eigenvalue weighted by molar-refractivity contribution is 7.16. The molecule has 0 saturated heterocycles. The van der Waals surface area contributed by atoms with E-state index in [2.05, 4.69) is 5.32 Å². The van der Waals surface area contributed by atoms with Crippen LogP contribution >= 0.6 is 22.9 Å². The second-order valence-electron chi connectivity index (χ2n) is 3.87. The zero-order chi connectivity index (χ0) is 12.8. The first-order chi connectivity index (χ1) is 8.02. The third-order valence-corrected chi connectivity index (χ3v) is 3.37. The molecule has 1 atom stereocenters. The predicted octanol–water partition coefficient (Wildman–Crippen LogP) is 2.58. The Balaban J connectivity index is 2.41. The first kappa shape index (κ1) is 14.3. The minimum absolute atomic E-state index is 0.00173. The van der Waals surface area contributed by atoms with Crippen molar-refractivity contribution in [2.24, 2.45) is 0 Å². The predicted molar refractivity (Wildman–Crippen MR) is 70.7 cm³/mol. The van der Waals surface area contributed by atoms with Gasteiger partial charge in [0.25, 0.3) is 0 Å². The molecule has 1 rings (SSSR count). The van der Waals surface area contributed by atoms with Crippen LogP contribution in [0.2, 0.25) is 4.34 Å². The van der Waals surface area contributed by atoms with Gasteiger partial charge >= 0.3 is 6.03 Å². The van der Waals surface area contributed by atoms with Gasteiger partial charge in [-0.3, -0.25) is 0 Å². The summed E-state index contributed by atoms with van der Waals surface area (Å²) in [7, 11) is 3.36. The molecule has 17 heavy (non-hydrogen) atoms. The van der Waals surface area contributed by atoms with Crippen molar-refractivity contribution in [3.63, 3.8) is 0 Å². The standard InChI is InChI=1S/C11H17ClN2O2S/c1-8(7-16-3)13-11(15)14(2)6-9-4-5-10(12)17-9/h4-5,8H,6-7H2,1-3H3,(H,13,15). The molecule has 0 aliphatic carbocycles. The lowest BCUT2D eigenvalue weighted by Crippen LogP contribution is -2.43. The van der Waals surface area contributed by atoms with Crippen LogP contribution in [0.25, 0.3) is 0 Å². The molecule has 1 unspecified atom stereocenters. The lowest BCUT2D eigenvalue weighted by Gasteiger charge is -2.20. The maximum absolute atomic E-state index is 11.8. The zero-order valence-electron chi connectivity index (χ0n) is 10.2. The van der Waals surface area contributed by atoms with E-state index >= 15 is 0 Å². The van der Waals surface area contributed by atoms with E-state index in [1.807, 2.05) is 19.1 Å². The normalized spacial score (nSPS) is 12.2. The minimum Gasteiger partial charge on any atom is -0.383 e. The van der Waals surface area contributed by atoms with Crippen LogP contribution in [0, 0.1) is 0 Å². The highest BCUT2D eigenvalue weighted by atomic mass is 35.5. The van der Waals surface area contributed by atoms with Gasteiger partial charge in [0.2, 0.25) is 0 Å². The van der Waals surface area contributed by atoms with Crippen LogP contribution in [0.4, 0.5) is 4.79 Å². The quantitative estimate of drug-likeness (QED) is 0.898. The molecule has 6 heteroatoms. The van der Waals surface area contributed by atoms with Crippen molar-refractivity contribution in [3.8, 4) is 0 Å². The molecule has 1 heterocycles. The van der Waals surface area contributed by atoms with E-state index < -0.39 is 0 Å². The van der Waals surface area contributed by atoms with Crippen LogP contribution in [0.3, 0.4) is 0 Å². The molecule has 1 aromatic rings. The topological polar surface area (TPSA) is 41.6 Å². The van der Waals surface area contributed by atoms with Crippen LogP contribution in [-0.4, -0.2) is 37.7 Å². The van der Waals surface area contributed by atoms with Crippen molar-refractivity contribution in [2.45, 2.75) is 19.5 Å². The second kappa shape index (κ2) is 6.83. The number of ether oxygens (including phenoxy) is 1. The SMILES string of the molecule is COCC(C)NC(=O)N(C)Cc1ccc(Cl)s1. The molecule has 0 spiro atoms. The lowest BCUT2D eigenvalue weighted by molar-refractivity contribution is 0.162. The number of methoxy groups -OCH3 is 1. The van der Waals surface area contributed by atoms with Crippen molar-refractivity contribution in [2.75, 3.05) is 20.8 Å². The number of urea groups is 1. The average Bonchev–Trinajstić information content (AvgIpc) is 2.64. The summed E-state index contributed by atoms with van der Waals surface area (Å²) in [6.07, 6.45) is 0. The van der Waals surface area contributed by atoms with Crippen LogP contribution in [-0.2, 0) is 11.3 Å². The number of thiophene rings is 1. The van der Waals surface area contributed by atoms with Gasteiger partial charge in [0, 0.05) is 19.0 Å². The van der Waals surface area contributed by atoms with Gasteiger partial charge in [0.1, 0.15) is 0 Å². The number of halogens is 1. The summed E-state index contributed by atoms with van der Waals surface area (Å²) in [6.45, 7) is 2.96. The Morgan fingerprint density at radius 2 is 2.35 bits per heavy atom. The Bertz CT molecular complexity index is 370. The van der Waals surface area contributed by atoms with E-state index in [1.54, 1.807) is 19.1 Å². The lowest BCUT2D eigenvalue weighted by atomic mass is 10.3. The summed E-state index contributed by atoms with van der Waals surface area (Å²) < 4.78 is 5.69. The molecule has 1 aromatic heterocycles. The summed E-state index contributed by atoms with van der Waals surface area (Å²) in [5.41, 5.74) is 0. The maximum atomic E-state index is 11.8. The van der Waals surface area contributed by atoms with E-state index in [0.29, 0.717) is 13.2 Å². The third kappa shape index (κ3) is 4.93. The monoisotopic (exact) mass is 276 g/mol. The van der Waals surface area contributed by atoms with E-state index in [-0.39, 0.29) is 12.1 Å². The van der Waals surface area contributed by atoms with Crippen molar-refractivity contribution < 1.29 is 9.53 Å². The van der Waals surface area contributed by atoms with Gasteiger partial charge < -0.3 is 15.0 Å². The van der Waals surface area contributed by atoms with Gasteiger partial charge in [-0.1, -0.05) is 11.6 Å². The summed E-state index contributed by atoms with van der Waals surface area (Å²) in [6, 6.07) is 3.65. The third-order valence-electron chi connectivity index (χ3n) is 2.16. The first-order valence-electron chi connectivity index (χ1n) is 5.27. The summed E-state index contributed by atoms with van der Waals surface area (Å²) in [5.74, 6) is 0. The molecular formula is C11H17ClN2O2S. The maximum Gasteiger partial charge on any atom is 0.317 e. The van der Waals surface area contributed by atoms with Gasteiger partial charge in [-0.25, -0.2) is 4.79 Å². The van der Waals surface area contributed by atoms with Crippen LogP contribution in [0.5, 0.6) is 0 Å². The fourth-order valence-corrected chi connectivity index (χ4v) is 2.50. The van der Waals surface area contributed by atoms with Gasteiger partial charge in [-0.15, -0.1) is 11.3 Å². The van der Waals surface area contributed by atoms with Crippen molar-refractivity contribution >= 4 is 29.0 Å². The molecule has 0 saturated carbocycles. The second-order valence-corrected chi connectivity index (χ2v) is 5.67. The van der Waals surface area contributed by atoms with Gasteiger partial charge in [-0.05, 0) is 19.1 Å². The van der Waals surface area contributed by atoms with Crippen LogP contribution in [0.1, 0.15) is 11.8 Å². The Morgan fingerprint density at radius 3 is 2.88 bits per heavy atom. The molecule has 0 aliphatic heterocycles. The van der Waals surface area contributed by atoms with Crippen LogP contribution in [0.15, 0.2) is 12.1 Å². The van der Waals surface area contributed by atoms with E-state index in [0.717, 1.165) is 9.21 Å². The molecule has 0 aliphatic rings. The Hall–Kier alpha value is -0.780. The molecule has 0 aromatic carbocycles. The minimum atomic E-state index is -0.112. The number of carbonyl (C=O) groups excluding carboxylic acids is 1. The fraction of sp³-hybridized carbons (Fsp3) is 0.545. The highest BCUT2D eigenvalue weighted by Crippen LogP contribution is 2.22. The number of hydrogen-bond donors (Lipinski definition) is 1. The van der Waals surface area contributed by atoms with Gasteiger partial charge in [0.15, 0.2) is 0 Å². The first-order valence-corrected chi connectivity index (χ1v) is 6.47. The zero-order valence-corrected chi connectivity index (χ0v) is 11.8. The molecule has 2 amide bonds. The number of nitrogens with zero attached hydrogens (tertiary/aromatic N) is 1. The molecule has 0 bridgehead atoms. The number of rotatable bonds is 5. The molecule has 96 valence electrons. The average molecular weight is 277 g/mol. The Morgan fingerprint density at radius 1 is 1.65 bits per heavy atom. The van der Waals surface area contributed by atoms with E-state index in [4.69, 9.17) is 16.3 Å². The van der Waals surface area contributed by atoms with Crippen LogP contribution < -0.4 is 5.32 Å². The van der Waals surface area contributed by atoms with Crippen molar-refractivity contribution in [3.05, 3.63) is 21.3 Å². The number of hydrogen-bond acceptors (Lipinski definition) is 3. The van der Waals surface area contributed by atoms with E-state index in [1.165, 1.54) is 11.3 Å². The summed E-state index contributed by atoms with van der Waals surface area (Å²) >= 11 is 7.31. The number of carbonyl (C=O) groups is 1. The van der Waals surface area contributed by atoms with E-state index in [9.17, 15) is 4.79 Å². The number of nitrogens with one attached hydrogen (secondary N) is 1. The Labute approximate surface area is 111 Å². The van der Waals surface area contributed by atoms with Gasteiger partial charge in [0.05, 0.1) is 23.5 Å². The summed E-state index contributed by atoms with van der Waals surface area (Å²) in [5, 5.41) is 2.84. The summed E-state index contributed by atoms with van der Waals surface area (Å²) in [4.78, 5) is 14.5. The van der Waals surface area contributed by atoms with Gasteiger partial charge in [-0.2, -0.15) is 0 Å². The molecule has 0 fully saturated rings. The fourth-order valence-electron chi connectivity index (χ4n) is 1.35. The van der Waals surface area contributed by atoms with Crippen molar-refractivity contribution in [1.82, 2.24) is 10.2 Å². The number of amides is 2. The highest BCUT2D eigenvalue weighted by Gasteiger charge is 2.12. The Kier molecular flexibility index (Phi) is 5.74. The molecular weight excluding hydrogens is 260 g/mol.